The molecular weight excluding hydrogens is 256 g/mol. The standard InChI is InChI=1S/C15H20N2O3/c1-10(2)17(9-14(16)18)13-6-4-12(11(3)8-13)5-7-15(19)20/h4-8,10H,9H2,1-3H3,(H2,16,18)(H,19,20). The second-order valence-electron chi connectivity index (χ2n) is 4.90. The normalized spacial score (nSPS) is 11.0. The largest absolute Gasteiger partial charge is 0.478 e. The van der Waals surface area contributed by atoms with Crippen LogP contribution in [-0.4, -0.2) is 29.6 Å². The molecule has 0 unspecified atom stereocenters. The maximum Gasteiger partial charge on any atom is 0.328 e. The van der Waals surface area contributed by atoms with Crippen LogP contribution in [0.4, 0.5) is 5.69 Å². The molecule has 0 aliphatic rings. The van der Waals surface area contributed by atoms with Gasteiger partial charge in [0.25, 0.3) is 0 Å². The molecule has 1 rings (SSSR count). The third-order valence-electron chi connectivity index (χ3n) is 2.94. The van der Waals surface area contributed by atoms with Gasteiger partial charge in [0.1, 0.15) is 0 Å². The summed E-state index contributed by atoms with van der Waals surface area (Å²) in [6, 6.07) is 5.75. The first kappa shape index (κ1) is 15.8. The first-order valence-corrected chi connectivity index (χ1v) is 6.38. The number of carboxylic acids is 1. The second-order valence-corrected chi connectivity index (χ2v) is 4.90. The molecule has 0 aromatic heterocycles. The molecule has 5 nitrogen and oxygen atoms in total. The van der Waals surface area contributed by atoms with Gasteiger partial charge < -0.3 is 15.7 Å². The second kappa shape index (κ2) is 6.75. The van der Waals surface area contributed by atoms with Crippen LogP contribution >= 0.6 is 0 Å². The molecule has 0 heterocycles. The van der Waals surface area contributed by atoms with Gasteiger partial charge in [0, 0.05) is 17.8 Å². The predicted octanol–water partition coefficient (Wildman–Crippen LogP) is 1.79. The Morgan fingerprint density at radius 3 is 2.50 bits per heavy atom. The van der Waals surface area contributed by atoms with Gasteiger partial charge in [-0.2, -0.15) is 0 Å². The number of carbonyl (C=O) groups excluding carboxylic acids is 1. The molecule has 0 spiro atoms. The molecule has 0 atom stereocenters. The molecule has 108 valence electrons. The zero-order valence-electron chi connectivity index (χ0n) is 12.0. The van der Waals surface area contributed by atoms with Crippen molar-refractivity contribution in [3.63, 3.8) is 0 Å². The van der Waals surface area contributed by atoms with Crippen molar-refractivity contribution < 1.29 is 14.7 Å². The van der Waals surface area contributed by atoms with Crippen molar-refractivity contribution in [1.29, 1.82) is 0 Å². The molecule has 0 fully saturated rings. The fourth-order valence-electron chi connectivity index (χ4n) is 1.93. The number of carbonyl (C=O) groups is 2. The lowest BCUT2D eigenvalue weighted by Gasteiger charge is -2.28. The van der Waals surface area contributed by atoms with Gasteiger partial charge in [0.15, 0.2) is 0 Å². The summed E-state index contributed by atoms with van der Waals surface area (Å²) in [6.07, 6.45) is 2.65. The Balaban J connectivity index is 3.05. The summed E-state index contributed by atoms with van der Waals surface area (Å²) in [7, 11) is 0. The highest BCUT2D eigenvalue weighted by molar-refractivity contribution is 5.86. The number of hydrogen-bond acceptors (Lipinski definition) is 3. The van der Waals surface area contributed by atoms with Gasteiger partial charge in [0.05, 0.1) is 6.54 Å². The summed E-state index contributed by atoms with van der Waals surface area (Å²) in [5.74, 6) is -1.36. The Kier molecular flexibility index (Phi) is 5.32. The van der Waals surface area contributed by atoms with E-state index in [0.717, 1.165) is 22.9 Å². The van der Waals surface area contributed by atoms with Crippen LogP contribution in [0.1, 0.15) is 25.0 Å². The fraction of sp³-hybridized carbons (Fsp3) is 0.333. The smallest absolute Gasteiger partial charge is 0.328 e. The quantitative estimate of drug-likeness (QED) is 0.776. The van der Waals surface area contributed by atoms with Crippen LogP contribution in [0, 0.1) is 6.92 Å². The third-order valence-corrected chi connectivity index (χ3v) is 2.94. The van der Waals surface area contributed by atoms with E-state index in [4.69, 9.17) is 10.8 Å². The van der Waals surface area contributed by atoms with Gasteiger partial charge in [-0.25, -0.2) is 4.79 Å². The maximum atomic E-state index is 11.1. The Hall–Kier alpha value is -2.30. The molecule has 5 heteroatoms. The minimum absolute atomic E-state index is 0.141. The Morgan fingerprint density at radius 2 is 2.05 bits per heavy atom. The number of benzene rings is 1. The summed E-state index contributed by atoms with van der Waals surface area (Å²) >= 11 is 0. The maximum absolute atomic E-state index is 11.1. The Morgan fingerprint density at radius 1 is 1.40 bits per heavy atom. The van der Waals surface area contributed by atoms with Gasteiger partial charge >= 0.3 is 5.97 Å². The van der Waals surface area contributed by atoms with Gasteiger partial charge in [-0.15, -0.1) is 0 Å². The van der Waals surface area contributed by atoms with E-state index in [-0.39, 0.29) is 18.5 Å². The number of aliphatic carboxylic acids is 1. The number of carboxylic acid groups (broad SMARTS) is 1. The number of anilines is 1. The van der Waals surface area contributed by atoms with Gasteiger partial charge in [0.2, 0.25) is 5.91 Å². The minimum Gasteiger partial charge on any atom is -0.478 e. The number of primary amides is 1. The van der Waals surface area contributed by atoms with Crippen molar-refractivity contribution >= 4 is 23.6 Å². The molecule has 0 aliphatic carbocycles. The van der Waals surface area contributed by atoms with E-state index in [2.05, 4.69) is 0 Å². The molecular formula is C15H20N2O3. The third kappa shape index (κ3) is 4.42. The highest BCUT2D eigenvalue weighted by atomic mass is 16.4. The lowest BCUT2D eigenvalue weighted by Crippen LogP contribution is -2.38. The molecule has 0 saturated carbocycles. The molecule has 0 aliphatic heterocycles. The summed E-state index contributed by atoms with van der Waals surface area (Å²) in [4.78, 5) is 23.5. The molecule has 3 N–H and O–H groups in total. The highest BCUT2D eigenvalue weighted by Gasteiger charge is 2.13. The summed E-state index contributed by atoms with van der Waals surface area (Å²) < 4.78 is 0. The summed E-state index contributed by atoms with van der Waals surface area (Å²) in [6.45, 7) is 6.02. The van der Waals surface area contributed by atoms with Crippen LogP contribution in [-0.2, 0) is 9.59 Å². The van der Waals surface area contributed by atoms with Crippen molar-refractivity contribution in [2.45, 2.75) is 26.8 Å². The van der Waals surface area contributed by atoms with Crippen LogP contribution in [0.3, 0.4) is 0 Å². The van der Waals surface area contributed by atoms with Crippen molar-refractivity contribution in [2.75, 3.05) is 11.4 Å². The van der Waals surface area contributed by atoms with Crippen LogP contribution in [0.5, 0.6) is 0 Å². The van der Waals surface area contributed by atoms with Crippen molar-refractivity contribution in [3.8, 4) is 0 Å². The molecule has 1 aromatic rings. The summed E-state index contributed by atoms with van der Waals surface area (Å²) in [5, 5.41) is 8.63. The minimum atomic E-state index is -0.981. The number of nitrogens with zero attached hydrogens (tertiary/aromatic N) is 1. The molecule has 0 saturated heterocycles. The van der Waals surface area contributed by atoms with Crippen LogP contribution in [0.25, 0.3) is 6.08 Å². The summed E-state index contributed by atoms with van der Waals surface area (Å²) in [5.41, 5.74) is 7.93. The highest BCUT2D eigenvalue weighted by Crippen LogP contribution is 2.21. The molecule has 1 amide bonds. The van der Waals surface area contributed by atoms with Crippen LogP contribution in [0.15, 0.2) is 24.3 Å². The van der Waals surface area contributed by atoms with Crippen molar-refractivity contribution in [2.24, 2.45) is 5.73 Å². The van der Waals surface area contributed by atoms with Gasteiger partial charge in [-0.05, 0) is 50.1 Å². The molecule has 0 radical (unpaired) electrons. The topological polar surface area (TPSA) is 83.6 Å². The molecule has 0 bridgehead atoms. The predicted molar refractivity (Wildman–Crippen MR) is 79.5 cm³/mol. The lowest BCUT2D eigenvalue weighted by molar-refractivity contribution is -0.131. The Labute approximate surface area is 118 Å². The van der Waals surface area contributed by atoms with E-state index in [0.29, 0.717) is 0 Å². The van der Waals surface area contributed by atoms with Gasteiger partial charge in [-0.1, -0.05) is 6.07 Å². The van der Waals surface area contributed by atoms with E-state index in [1.54, 1.807) is 6.08 Å². The molecule has 1 aromatic carbocycles. The van der Waals surface area contributed by atoms with Crippen molar-refractivity contribution in [3.05, 3.63) is 35.4 Å². The van der Waals surface area contributed by atoms with Gasteiger partial charge in [-0.3, -0.25) is 4.79 Å². The first-order valence-electron chi connectivity index (χ1n) is 6.38. The van der Waals surface area contributed by atoms with Crippen LogP contribution in [0.2, 0.25) is 0 Å². The number of aryl methyl sites for hydroxylation is 1. The average Bonchev–Trinajstić information content (AvgIpc) is 2.33. The van der Waals surface area contributed by atoms with Crippen molar-refractivity contribution in [1.82, 2.24) is 0 Å². The number of rotatable bonds is 6. The lowest BCUT2D eigenvalue weighted by atomic mass is 10.1. The van der Waals surface area contributed by atoms with E-state index in [1.807, 2.05) is 43.9 Å². The zero-order chi connectivity index (χ0) is 15.3. The number of amides is 1. The van der Waals surface area contributed by atoms with Crippen LogP contribution < -0.4 is 10.6 Å². The van der Waals surface area contributed by atoms with E-state index >= 15 is 0 Å². The number of hydrogen-bond donors (Lipinski definition) is 2. The Bertz CT molecular complexity index is 536. The number of nitrogens with two attached hydrogens (primary N) is 1. The fourth-order valence-corrected chi connectivity index (χ4v) is 1.93. The zero-order valence-corrected chi connectivity index (χ0v) is 12.0. The molecule has 20 heavy (non-hydrogen) atoms. The van der Waals surface area contributed by atoms with E-state index < -0.39 is 5.97 Å². The van der Waals surface area contributed by atoms with E-state index in [1.165, 1.54) is 0 Å². The average molecular weight is 276 g/mol. The van der Waals surface area contributed by atoms with E-state index in [9.17, 15) is 9.59 Å². The first-order chi connectivity index (χ1) is 9.31. The monoisotopic (exact) mass is 276 g/mol. The SMILES string of the molecule is Cc1cc(N(CC(N)=O)C(C)C)ccc1C=CC(=O)O.